The lowest BCUT2D eigenvalue weighted by atomic mass is 10.1. The van der Waals surface area contributed by atoms with Gasteiger partial charge in [0.25, 0.3) is 0 Å². The predicted molar refractivity (Wildman–Crippen MR) is 103 cm³/mol. The maximum absolute atomic E-state index is 11.5. The number of anilines is 1. The average Bonchev–Trinajstić information content (AvgIpc) is 2.56. The minimum Gasteiger partial charge on any atom is -0.352 e. The minimum atomic E-state index is -3.32. The van der Waals surface area contributed by atoms with Gasteiger partial charge in [-0.1, -0.05) is 48.0 Å². The summed E-state index contributed by atoms with van der Waals surface area (Å²) in [5.74, 6) is 0.648. The van der Waals surface area contributed by atoms with Crippen LogP contribution >= 0.6 is 0 Å². The van der Waals surface area contributed by atoms with E-state index in [0.717, 1.165) is 17.4 Å². The number of nitrogens with one attached hydrogen (secondary N) is 3. The molecule has 0 saturated heterocycles. The van der Waals surface area contributed by atoms with Crippen molar-refractivity contribution in [1.82, 2.24) is 10.6 Å². The van der Waals surface area contributed by atoms with Gasteiger partial charge in [0.05, 0.1) is 11.9 Å². The normalized spacial score (nSPS) is 11.9. The second-order valence-corrected chi connectivity index (χ2v) is 7.54. The summed E-state index contributed by atoms with van der Waals surface area (Å²) in [7, 11) is -1.62. The van der Waals surface area contributed by atoms with E-state index in [4.69, 9.17) is 0 Å². The van der Waals surface area contributed by atoms with Crippen LogP contribution in [-0.4, -0.2) is 27.7 Å². The van der Waals surface area contributed by atoms with Crippen LogP contribution in [0.3, 0.4) is 0 Å². The first-order chi connectivity index (χ1) is 11.9. The number of aryl methyl sites for hydroxylation is 1. The Balaban J connectivity index is 1.96. The molecule has 0 bridgehead atoms. The molecule has 0 aromatic heterocycles. The van der Waals surface area contributed by atoms with Crippen molar-refractivity contribution in [3.63, 3.8) is 0 Å². The smallest absolute Gasteiger partial charge is 0.229 e. The molecule has 2 rings (SSSR count). The summed E-state index contributed by atoms with van der Waals surface area (Å²) in [5.41, 5.74) is 3.78. The van der Waals surface area contributed by atoms with Crippen LogP contribution in [0.2, 0.25) is 0 Å². The lowest BCUT2D eigenvalue weighted by Gasteiger charge is -2.14. The van der Waals surface area contributed by atoms with Crippen molar-refractivity contribution in [1.29, 1.82) is 0 Å². The van der Waals surface area contributed by atoms with Gasteiger partial charge in [-0.15, -0.1) is 0 Å². The van der Waals surface area contributed by atoms with Gasteiger partial charge >= 0.3 is 0 Å². The number of rotatable bonds is 6. The Bertz CT molecular complexity index is 830. The van der Waals surface area contributed by atoms with E-state index in [1.165, 1.54) is 5.56 Å². The van der Waals surface area contributed by atoms with Crippen molar-refractivity contribution < 1.29 is 8.42 Å². The molecule has 0 aliphatic heterocycles. The van der Waals surface area contributed by atoms with Crippen molar-refractivity contribution in [2.24, 2.45) is 4.99 Å². The quantitative estimate of drug-likeness (QED) is 0.545. The number of sulfonamides is 1. The fourth-order valence-corrected chi connectivity index (χ4v) is 2.86. The van der Waals surface area contributed by atoms with Crippen LogP contribution < -0.4 is 15.4 Å². The molecule has 0 fully saturated rings. The first-order valence-corrected chi connectivity index (χ1v) is 9.82. The summed E-state index contributed by atoms with van der Waals surface area (Å²) >= 11 is 0. The molecule has 0 heterocycles. The molecule has 2 aromatic rings. The summed E-state index contributed by atoms with van der Waals surface area (Å²) in [6.45, 7) is 3.16. The van der Waals surface area contributed by atoms with Crippen LogP contribution in [0.25, 0.3) is 0 Å². The maximum atomic E-state index is 11.5. The fraction of sp³-hybridized carbons (Fsp3) is 0.278. The van der Waals surface area contributed by atoms with E-state index < -0.39 is 10.0 Å². The van der Waals surface area contributed by atoms with E-state index in [0.29, 0.717) is 24.7 Å². The Kier molecular flexibility index (Phi) is 6.41. The van der Waals surface area contributed by atoms with Crippen LogP contribution in [0.5, 0.6) is 0 Å². The molecule has 2 aromatic carbocycles. The molecule has 0 aliphatic carbocycles. The second kappa shape index (κ2) is 8.53. The van der Waals surface area contributed by atoms with Crippen molar-refractivity contribution >= 4 is 21.7 Å². The van der Waals surface area contributed by atoms with Gasteiger partial charge in [-0.3, -0.25) is 9.71 Å². The number of hydrogen-bond acceptors (Lipinski definition) is 3. The lowest BCUT2D eigenvalue weighted by molar-refractivity contribution is 0.606. The Morgan fingerprint density at radius 3 is 2.28 bits per heavy atom. The summed E-state index contributed by atoms with van der Waals surface area (Å²) < 4.78 is 25.5. The van der Waals surface area contributed by atoms with E-state index in [1.54, 1.807) is 19.2 Å². The largest absolute Gasteiger partial charge is 0.352 e. The van der Waals surface area contributed by atoms with E-state index in [9.17, 15) is 8.42 Å². The summed E-state index contributed by atoms with van der Waals surface area (Å²) in [6, 6.07) is 15.5. The van der Waals surface area contributed by atoms with Gasteiger partial charge < -0.3 is 10.6 Å². The van der Waals surface area contributed by atoms with Gasteiger partial charge in [0.15, 0.2) is 5.96 Å². The van der Waals surface area contributed by atoms with Gasteiger partial charge in [0.1, 0.15) is 0 Å². The topological polar surface area (TPSA) is 82.6 Å². The highest BCUT2D eigenvalue weighted by Gasteiger charge is 2.07. The molecule has 134 valence electrons. The maximum Gasteiger partial charge on any atom is 0.229 e. The minimum absolute atomic E-state index is 0.451. The molecule has 0 radical (unpaired) electrons. The van der Waals surface area contributed by atoms with Gasteiger partial charge in [-0.05, 0) is 24.1 Å². The number of nitrogens with zero attached hydrogens (tertiary/aromatic N) is 1. The zero-order valence-electron chi connectivity index (χ0n) is 14.7. The third-order valence-electron chi connectivity index (χ3n) is 3.56. The Hall–Kier alpha value is -2.54. The van der Waals surface area contributed by atoms with E-state index >= 15 is 0 Å². The monoisotopic (exact) mass is 360 g/mol. The molecule has 0 saturated carbocycles. The number of hydrogen-bond donors (Lipinski definition) is 3. The highest BCUT2D eigenvalue weighted by molar-refractivity contribution is 7.92. The lowest BCUT2D eigenvalue weighted by Crippen LogP contribution is -2.36. The van der Waals surface area contributed by atoms with Crippen molar-refractivity contribution in [2.75, 3.05) is 18.0 Å². The van der Waals surface area contributed by atoms with Crippen LogP contribution in [0, 0.1) is 6.92 Å². The summed E-state index contributed by atoms with van der Waals surface area (Å²) in [4.78, 5) is 4.20. The Labute approximate surface area is 149 Å². The summed E-state index contributed by atoms with van der Waals surface area (Å²) in [6.07, 6.45) is 1.14. The number of benzene rings is 2. The highest BCUT2D eigenvalue weighted by atomic mass is 32.2. The van der Waals surface area contributed by atoms with Crippen LogP contribution in [0.15, 0.2) is 53.5 Å². The fourth-order valence-electron chi connectivity index (χ4n) is 2.27. The SMILES string of the molecule is CN=C(NCc1ccc(C)cc1)NCc1ccccc1NS(C)(=O)=O. The summed E-state index contributed by atoms with van der Waals surface area (Å²) in [5, 5.41) is 6.44. The van der Waals surface area contributed by atoms with E-state index in [-0.39, 0.29) is 0 Å². The number of para-hydroxylation sites is 1. The third kappa shape index (κ3) is 6.46. The highest BCUT2D eigenvalue weighted by Crippen LogP contribution is 2.15. The van der Waals surface area contributed by atoms with Crippen LogP contribution in [0.4, 0.5) is 5.69 Å². The first-order valence-electron chi connectivity index (χ1n) is 7.93. The molecule has 25 heavy (non-hydrogen) atoms. The Morgan fingerprint density at radius 2 is 1.64 bits per heavy atom. The van der Waals surface area contributed by atoms with E-state index in [1.807, 2.05) is 12.1 Å². The standard InChI is InChI=1S/C18H24N4O2S/c1-14-8-10-15(11-9-14)12-20-18(19-2)21-13-16-6-4-5-7-17(16)22-25(3,23)24/h4-11,22H,12-13H2,1-3H3,(H2,19,20,21). The van der Waals surface area contributed by atoms with Gasteiger partial charge in [-0.25, -0.2) is 8.42 Å². The molecule has 0 aliphatic rings. The predicted octanol–water partition coefficient (Wildman–Crippen LogP) is 2.23. The second-order valence-electron chi connectivity index (χ2n) is 5.80. The van der Waals surface area contributed by atoms with Crippen molar-refractivity contribution in [3.05, 3.63) is 65.2 Å². The molecule has 7 heteroatoms. The third-order valence-corrected chi connectivity index (χ3v) is 4.15. The van der Waals surface area contributed by atoms with Crippen molar-refractivity contribution in [3.8, 4) is 0 Å². The van der Waals surface area contributed by atoms with Gasteiger partial charge in [-0.2, -0.15) is 0 Å². The van der Waals surface area contributed by atoms with Crippen LogP contribution in [0.1, 0.15) is 16.7 Å². The molecule has 0 atom stereocenters. The molecular weight excluding hydrogens is 336 g/mol. The zero-order chi connectivity index (χ0) is 18.3. The molecular formula is C18H24N4O2S. The van der Waals surface area contributed by atoms with Gasteiger partial charge in [0.2, 0.25) is 10.0 Å². The molecule has 0 unspecified atom stereocenters. The number of guanidine groups is 1. The van der Waals surface area contributed by atoms with Crippen molar-refractivity contribution in [2.45, 2.75) is 20.0 Å². The zero-order valence-corrected chi connectivity index (χ0v) is 15.5. The molecule has 6 nitrogen and oxygen atoms in total. The molecule has 3 N–H and O–H groups in total. The van der Waals surface area contributed by atoms with Crippen LogP contribution in [-0.2, 0) is 23.1 Å². The van der Waals surface area contributed by atoms with E-state index in [2.05, 4.69) is 51.5 Å². The van der Waals surface area contributed by atoms with Gasteiger partial charge in [0, 0.05) is 20.1 Å². The molecule has 0 spiro atoms. The Morgan fingerprint density at radius 1 is 1.00 bits per heavy atom. The molecule has 0 amide bonds. The average molecular weight is 360 g/mol. The first kappa shape index (κ1) is 18.8. The number of aliphatic imine (C=N–C) groups is 1.